The van der Waals surface area contributed by atoms with Gasteiger partial charge in [-0.25, -0.2) is 4.39 Å². The molecule has 2 N–H and O–H groups in total. The minimum absolute atomic E-state index is 0.195. The van der Waals surface area contributed by atoms with Crippen molar-refractivity contribution in [3.63, 3.8) is 0 Å². The van der Waals surface area contributed by atoms with Crippen LogP contribution >= 0.6 is 23.4 Å². The monoisotopic (exact) mass is 281 g/mol. The molecule has 1 nitrogen and oxygen atoms in total. The molecule has 2 aromatic carbocycles. The summed E-state index contributed by atoms with van der Waals surface area (Å²) in [5.74, 6) is -0.195. The number of hydrogen-bond donors (Lipinski definition) is 1. The Labute approximate surface area is 115 Å². The summed E-state index contributed by atoms with van der Waals surface area (Å²) in [6, 6.07) is 12.6. The normalized spacial score (nSPS) is 10.6. The van der Waals surface area contributed by atoms with Gasteiger partial charge in [0.1, 0.15) is 5.82 Å². The van der Waals surface area contributed by atoms with Crippen molar-refractivity contribution in [2.75, 3.05) is 6.54 Å². The molecular formula is C14H13ClFNS. The van der Waals surface area contributed by atoms with Crippen molar-refractivity contribution in [1.29, 1.82) is 0 Å². The van der Waals surface area contributed by atoms with Gasteiger partial charge in [0.05, 0.1) is 0 Å². The topological polar surface area (TPSA) is 26.0 Å². The molecule has 0 unspecified atom stereocenters. The molecule has 0 amide bonds. The molecule has 4 heteroatoms. The van der Waals surface area contributed by atoms with E-state index in [1.165, 1.54) is 17.8 Å². The van der Waals surface area contributed by atoms with Gasteiger partial charge in [-0.05, 0) is 49.4 Å². The fourth-order valence-corrected chi connectivity index (χ4v) is 2.77. The predicted octanol–water partition coefficient (Wildman–Crippen LogP) is 4.13. The van der Waals surface area contributed by atoms with Gasteiger partial charge in [0.2, 0.25) is 0 Å². The van der Waals surface area contributed by atoms with Gasteiger partial charge in [-0.1, -0.05) is 29.4 Å². The summed E-state index contributed by atoms with van der Waals surface area (Å²) in [6.07, 6.45) is 0.544. The minimum Gasteiger partial charge on any atom is -0.330 e. The first-order valence-electron chi connectivity index (χ1n) is 5.61. The number of benzene rings is 2. The molecule has 0 aromatic heterocycles. The Balaban J connectivity index is 2.28. The molecule has 18 heavy (non-hydrogen) atoms. The Morgan fingerprint density at radius 2 is 1.83 bits per heavy atom. The quantitative estimate of drug-likeness (QED) is 0.912. The molecule has 0 spiro atoms. The maximum atomic E-state index is 13.7. The van der Waals surface area contributed by atoms with Crippen LogP contribution in [0, 0.1) is 5.82 Å². The Morgan fingerprint density at radius 1 is 1.11 bits per heavy atom. The summed E-state index contributed by atoms with van der Waals surface area (Å²) in [4.78, 5) is 1.94. The van der Waals surface area contributed by atoms with Gasteiger partial charge in [-0.15, -0.1) is 0 Å². The van der Waals surface area contributed by atoms with E-state index in [1.54, 1.807) is 6.07 Å². The molecule has 0 bridgehead atoms. The molecule has 0 saturated heterocycles. The summed E-state index contributed by atoms with van der Waals surface area (Å²) in [7, 11) is 0. The molecular weight excluding hydrogens is 269 g/mol. The largest absolute Gasteiger partial charge is 0.330 e. The van der Waals surface area contributed by atoms with E-state index in [1.807, 2.05) is 30.3 Å². The second kappa shape index (κ2) is 6.23. The molecule has 0 aliphatic rings. The highest BCUT2D eigenvalue weighted by atomic mass is 35.5. The molecule has 0 heterocycles. The van der Waals surface area contributed by atoms with E-state index < -0.39 is 0 Å². The zero-order valence-electron chi connectivity index (χ0n) is 9.70. The van der Waals surface area contributed by atoms with Gasteiger partial charge in [0, 0.05) is 20.4 Å². The van der Waals surface area contributed by atoms with E-state index in [2.05, 4.69) is 0 Å². The third-order valence-corrected chi connectivity index (χ3v) is 3.87. The lowest BCUT2D eigenvalue weighted by atomic mass is 10.1. The van der Waals surface area contributed by atoms with Crippen LogP contribution in [0.1, 0.15) is 5.56 Å². The van der Waals surface area contributed by atoms with Gasteiger partial charge in [0.15, 0.2) is 0 Å². The number of nitrogens with two attached hydrogens (primary N) is 1. The number of halogens is 2. The molecule has 2 rings (SSSR count). The van der Waals surface area contributed by atoms with Crippen molar-refractivity contribution in [2.45, 2.75) is 16.2 Å². The van der Waals surface area contributed by atoms with E-state index in [9.17, 15) is 4.39 Å². The third-order valence-electron chi connectivity index (χ3n) is 2.51. The van der Waals surface area contributed by atoms with Gasteiger partial charge >= 0.3 is 0 Å². The van der Waals surface area contributed by atoms with Crippen molar-refractivity contribution in [2.24, 2.45) is 5.73 Å². The van der Waals surface area contributed by atoms with E-state index in [0.29, 0.717) is 23.6 Å². The van der Waals surface area contributed by atoms with Crippen molar-refractivity contribution >= 4 is 23.4 Å². The van der Waals surface area contributed by atoms with Crippen LogP contribution in [-0.2, 0) is 6.42 Å². The standard InChI is InChI=1S/C14H13ClFNS/c15-10-4-6-11(7-5-10)18-14-3-1-2-13(16)12(14)8-9-17/h1-7H,8-9,17H2. The van der Waals surface area contributed by atoms with E-state index >= 15 is 0 Å². The van der Waals surface area contributed by atoms with Crippen LogP contribution in [0.2, 0.25) is 5.02 Å². The first-order valence-corrected chi connectivity index (χ1v) is 6.81. The van der Waals surface area contributed by atoms with Crippen molar-refractivity contribution in [3.8, 4) is 0 Å². The fourth-order valence-electron chi connectivity index (χ4n) is 1.65. The van der Waals surface area contributed by atoms with Gasteiger partial charge in [-0.3, -0.25) is 0 Å². The van der Waals surface area contributed by atoms with Crippen LogP contribution in [0.3, 0.4) is 0 Å². The third kappa shape index (κ3) is 3.25. The summed E-state index contributed by atoms with van der Waals surface area (Å²) >= 11 is 7.36. The number of hydrogen-bond acceptors (Lipinski definition) is 2. The molecule has 0 aliphatic carbocycles. The average molecular weight is 282 g/mol. The maximum Gasteiger partial charge on any atom is 0.127 e. The molecule has 94 valence electrons. The Hall–Kier alpha value is -1.03. The molecule has 0 atom stereocenters. The van der Waals surface area contributed by atoms with E-state index in [-0.39, 0.29) is 5.82 Å². The number of rotatable bonds is 4. The van der Waals surface area contributed by atoms with Crippen LogP contribution in [0.15, 0.2) is 52.3 Å². The van der Waals surface area contributed by atoms with Crippen LogP contribution in [0.25, 0.3) is 0 Å². The van der Waals surface area contributed by atoms with Crippen LogP contribution in [0.5, 0.6) is 0 Å². The highest BCUT2D eigenvalue weighted by Crippen LogP contribution is 2.32. The van der Waals surface area contributed by atoms with Crippen LogP contribution in [0.4, 0.5) is 4.39 Å². The molecule has 0 aliphatic heterocycles. The summed E-state index contributed by atoms with van der Waals surface area (Å²) < 4.78 is 13.7. The smallest absolute Gasteiger partial charge is 0.127 e. The van der Waals surface area contributed by atoms with Crippen molar-refractivity contribution in [1.82, 2.24) is 0 Å². The first kappa shape index (κ1) is 13.4. The molecule has 0 radical (unpaired) electrons. The van der Waals surface area contributed by atoms with Gasteiger partial charge in [-0.2, -0.15) is 0 Å². The predicted molar refractivity (Wildman–Crippen MR) is 74.7 cm³/mol. The lowest BCUT2D eigenvalue weighted by molar-refractivity contribution is 0.603. The highest BCUT2D eigenvalue weighted by Gasteiger charge is 2.08. The van der Waals surface area contributed by atoms with Crippen LogP contribution in [-0.4, -0.2) is 6.54 Å². The Bertz CT molecular complexity index is 528. The summed E-state index contributed by atoms with van der Waals surface area (Å²) in [5.41, 5.74) is 6.20. The van der Waals surface area contributed by atoms with Crippen molar-refractivity contribution in [3.05, 3.63) is 58.9 Å². The molecule has 0 saturated carbocycles. The zero-order chi connectivity index (χ0) is 13.0. The maximum absolute atomic E-state index is 13.7. The average Bonchev–Trinajstić information content (AvgIpc) is 2.36. The fraction of sp³-hybridized carbons (Fsp3) is 0.143. The SMILES string of the molecule is NCCc1c(F)cccc1Sc1ccc(Cl)cc1. The Kier molecular flexibility index (Phi) is 4.64. The first-order chi connectivity index (χ1) is 8.70. The van der Waals surface area contributed by atoms with Crippen LogP contribution < -0.4 is 5.73 Å². The lowest BCUT2D eigenvalue weighted by Crippen LogP contribution is -2.05. The van der Waals surface area contributed by atoms with Gasteiger partial charge in [0.25, 0.3) is 0 Å². The highest BCUT2D eigenvalue weighted by molar-refractivity contribution is 7.99. The summed E-state index contributed by atoms with van der Waals surface area (Å²) in [6.45, 7) is 0.440. The minimum atomic E-state index is -0.195. The Morgan fingerprint density at radius 3 is 2.50 bits per heavy atom. The lowest BCUT2D eigenvalue weighted by Gasteiger charge is -2.09. The zero-order valence-corrected chi connectivity index (χ0v) is 11.3. The second-order valence-electron chi connectivity index (χ2n) is 3.81. The molecule has 2 aromatic rings. The second-order valence-corrected chi connectivity index (χ2v) is 5.36. The van der Waals surface area contributed by atoms with Crippen molar-refractivity contribution < 1.29 is 4.39 Å². The summed E-state index contributed by atoms with van der Waals surface area (Å²) in [5, 5.41) is 0.695. The van der Waals surface area contributed by atoms with Gasteiger partial charge < -0.3 is 5.73 Å². The van der Waals surface area contributed by atoms with E-state index in [0.717, 1.165) is 9.79 Å². The molecule has 0 fully saturated rings. The van der Waals surface area contributed by atoms with E-state index in [4.69, 9.17) is 17.3 Å².